The average Bonchev–Trinajstić information content (AvgIpc) is 2.76. The van der Waals surface area contributed by atoms with Crippen molar-refractivity contribution in [3.63, 3.8) is 0 Å². The molecular formula is C12H12F3N5O. The minimum atomic E-state index is -4.37. The van der Waals surface area contributed by atoms with Gasteiger partial charge < -0.3 is 0 Å². The third-order valence-electron chi connectivity index (χ3n) is 2.55. The molecule has 0 atom stereocenters. The van der Waals surface area contributed by atoms with Crippen molar-refractivity contribution in [2.75, 3.05) is 0 Å². The molecule has 0 saturated carbocycles. The van der Waals surface area contributed by atoms with Gasteiger partial charge >= 0.3 is 6.18 Å². The van der Waals surface area contributed by atoms with E-state index in [2.05, 4.69) is 15.1 Å². The minimum Gasteiger partial charge on any atom is -0.290 e. The molecular weight excluding hydrogens is 287 g/mol. The highest BCUT2D eigenvalue weighted by Gasteiger charge is 2.29. The van der Waals surface area contributed by atoms with E-state index in [1.807, 2.05) is 5.48 Å². The minimum absolute atomic E-state index is 0.0629. The van der Waals surface area contributed by atoms with Crippen molar-refractivity contribution in [2.24, 2.45) is 4.99 Å². The molecule has 2 N–H and O–H groups in total. The maximum absolute atomic E-state index is 12.4. The molecule has 0 amide bonds. The standard InChI is InChI=1S/C12H12F3N5O/c1-8-5-10(18-20(8)7-12(13,14)15)11(19-21)17-9-3-2-4-16-6-9/h2-6,21H,7H2,1H3,(H,17,19). The predicted molar refractivity (Wildman–Crippen MR) is 68.4 cm³/mol. The summed E-state index contributed by atoms with van der Waals surface area (Å²) < 4.78 is 38.0. The molecule has 9 heteroatoms. The fourth-order valence-corrected chi connectivity index (χ4v) is 1.64. The summed E-state index contributed by atoms with van der Waals surface area (Å²) in [6.07, 6.45) is -1.38. The fraction of sp³-hybridized carbons (Fsp3) is 0.250. The molecule has 0 unspecified atom stereocenters. The number of pyridine rings is 1. The van der Waals surface area contributed by atoms with E-state index in [4.69, 9.17) is 5.21 Å². The molecule has 0 aliphatic carbocycles. The first-order valence-corrected chi connectivity index (χ1v) is 5.89. The van der Waals surface area contributed by atoms with Crippen LogP contribution in [0.5, 0.6) is 0 Å². The molecule has 2 aromatic heterocycles. The summed E-state index contributed by atoms with van der Waals surface area (Å²) >= 11 is 0. The highest BCUT2D eigenvalue weighted by Crippen LogP contribution is 2.19. The molecule has 6 nitrogen and oxygen atoms in total. The van der Waals surface area contributed by atoms with E-state index in [9.17, 15) is 13.2 Å². The molecule has 0 spiro atoms. The second-order valence-corrected chi connectivity index (χ2v) is 4.23. The number of aryl methyl sites for hydroxylation is 1. The largest absolute Gasteiger partial charge is 0.408 e. The van der Waals surface area contributed by atoms with Crippen molar-refractivity contribution in [2.45, 2.75) is 19.6 Å². The van der Waals surface area contributed by atoms with E-state index in [0.29, 0.717) is 11.4 Å². The van der Waals surface area contributed by atoms with Crippen LogP contribution in [0.15, 0.2) is 35.6 Å². The van der Waals surface area contributed by atoms with Crippen molar-refractivity contribution >= 4 is 11.5 Å². The second kappa shape index (κ2) is 5.92. The number of hydrogen-bond acceptors (Lipinski definition) is 4. The van der Waals surface area contributed by atoms with Gasteiger partial charge in [-0.15, -0.1) is 0 Å². The van der Waals surface area contributed by atoms with E-state index in [-0.39, 0.29) is 11.5 Å². The number of halogens is 3. The lowest BCUT2D eigenvalue weighted by Gasteiger charge is -2.07. The summed E-state index contributed by atoms with van der Waals surface area (Å²) in [6.45, 7) is 0.283. The average molecular weight is 299 g/mol. The topological polar surface area (TPSA) is 75.3 Å². The number of rotatable bonds is 3. The molecule has 2 heterocycles. The first-order chi connectivity index (χ1) is 9.89. The molecule has 2 rings (SSSR count). The number of nitrogens with one attached hydrogen (secondary N) is 1. The molecule has 0 radical (unpaired) electrons. The van der Waals surface area contributed by atoms with Crippen molar-refractivity contribution in [3.8, 4) is 0 Å². The quantitative estimate of drug-likeness (QED) is 0.517. The van der Waals surface area contributed by atoms with E-state index < -0.39 is 12.7 Å². The first kappa shape index (κ1) is 15.0. The third kappa shape index (κ3) is 4.02. The molecule has 21 heavy (non-hydrogen) atoms. The maximum Gasteiger partial charge on any atom is 0.408 e. The Bertz CT molecular complexity index is 636. The number of amidine groups is 1. The van der Waals surface area contributed by atoms with Crippen molar-refractivity contribution in [1.82, 2.24) is 20.2 Å². The summed E-state index contributed by atoms with van der Waals surface area (Å²) in [6, 6.07) is 4.66. The van der Waals surface area contributed by atoms with Crippen molar-refractivity contribution in [3.05, 3.63) is 42.0 Å². The van der Waals surface area contributed by atoms with Gasteiger partial charge in [0, 0.05) is 11.9 Å². The number of nitrogens with zero attached hydrogens (tertiary/aromatic N) is 4. The monoisotopic (exact) mass is 299 g/mol. The second-order valence-electron chi connectivity index (χ2n) is 4.23. The van der Waals surface area contributed by atoms with Crippen molar-refractivity contribution in [1.29, 1.82) is 0 Å². The Balaban J connectivity index is 2.32. The SMILES string of the molecule is Cc1cc(C(=Nc2cccnc2)NO)nn1CC(F)(F)F. The third-order valence-corrected chi connectivity index (χ3v) is 2.55. The van der Waals surface area contributed by atoms with Crippen LogP contribution in [0.2, 0.25) is 0 Å². The lowest BCUT2D eigenvalue weighted by molar-refractivity contribution is -0.142. The number of alkyl halides is 3. The number of hydrogen-bond donors (Lipinski definition) is 2. The zero-order valence-corrected chi connectivity index (χ0v) is 11.0. The van der Waals surface area contributed by atoms with Gasteiger partial charge in [0.1, 0.15) is 12.2 Å². The summed E-state index contributed by atoms with van der Waals surface area (Å²) in [5.41, 5.74) is 2.67. The number of aromatic nitrogens is 3. The Morgan fingerprint density at radius 3 is 2.81 bits per heavy atom. The van der Waals surface area contributed by atoms with Gasteiger partial charge in [0.15, 0.2) is 5.84 Å². The molecule has 0 saturated heterocycles. The van der Waals surface area contributed by atoms with Gasteiger partial charge in [-0.25, -0.2) is 4.99 Å². The van der Waals surface area contributed by atoms with E-state index >= 15 is 0 Å². The first-order valence-electron chi connectivity index (χ1n) is 5.89. The lowest BCUT2D eigenvalue weighted by Crippen LogP contribution is -2.23. The van der Waals surface area contributed by atoms with Crippen LogP contribution in [0, 0.1) is 6.92 Å². The number of aliphatic imine (C=N–C) groups is 1. The van der Waals surface area contributed by atoms with Crippen LogP contribution in [0.25, 0.3) is 0 Å². The summed E-state index contributed by atoms with van der Waals surface area (Å²) in [4.78, 5) is 7.88. The predicted octanol–water partition coefficient (Wildman–Crippen LogP) is 2.21. The van der Waals surface area contributed by atoms with Gasteiger partial charge in [-0.2, -0.15) is 18.3 Å². The maximum atomic E-state index is 12.4. The van der Waals surface area contributed by atoms with Gasteiger partial charge in [0.2, 0.25) is 0 Å². The Hall–Kier alpha value is -2.42. The Kier molecular flexibility index (Phi) is 4.22. The molecule has 0 aliphatic heterocycles. The van der Waals surface area contributed by atoms with E-state index in [1.54, 1.807) is 18.3 Å². The molecule has 112 valence electrons. The Morgan fingerprint density at radius 1 is 1.48 bits per heavy atom. The molecule has 0 aliphatic rings. The smallest absolute Gasteiger partial charge is 0.290 e. The van der Waals surface area contributed by atoms with Gasteiger partial charge in [-0.3, -0.25) is 20.4 Å². The fourth-order valence-electron chi connectivity index (χ4n) is 1.64. The lowest BCUT2D eigenvalue weighted by atomic mass is 10.3. The van der Waals surface area contributed by atoms with Crippen LogP contribution in [0.4, 0.5) is 18.9 Å². The zero-order valence-electron chi connectivity index (χ0n) is 11.0. The van der Waals surface area contributed by atoms with E-state index in [0.717, 1.165) is 4.68 Å². The summed E-state index contributed by atoms with van der Waals surface area (Å²) in [5.74, 6) is -0.0629. The molecule has 0 aromatic carbocycles. The highest BCUT2D eigenvalue weighted by molar-refractivity contribution is 5.97. The Morgan fingerprint density at radius 2 is 2.24 bits per heavy atom. The number of hydroxylamine groups is 1. The summed E-state index contributed by atoms with van der Waals surface area (Å²) in [5, 5.41) is 12.9. The van der Waals surface area contributed by atoms with Crippen LogP contribution in [0.3, 0.4) is 0 Å². The van der Waals surface area contributed by atoms with Gasteiger partial charge in [-0.05, 0) is 25.1 Å². The molecule has 0 bridgehead atoms. The molecule has 0 fully saturated rings. The van der Waals surface area contributed by atoms with Gasteiger partial charge in [0.05, 0.1) is 11.9 Å². The van der Waals surface area contributed by atoms with Crippen LogP contribution >= 0.6 is 0 Å². The van der Waals surface area contributed by atoms with Crippen molar-refractivity contribution < 1.29 is 18.4 Å². The summed E-state index contributed by atoms with van der Waals surface area (Å²) in [7, 11) is 0. The van der Waals surface area contributed by atoms with Gasteiger partial charge in [0.25, 0.3) is 0 Å². The molecule has 2 aromatic rings. The Labute approximate surface area is 117 Å². The van der Waals surface area contributed by atoms with Crippen LogP contribution < -0.4 is 5.48 Å². The normalized spacial score (nSPS) is 12.5. The van der Waals surface area contributed by atoms with Crippen LogP contribution in [-0.2, 0) is 6.54 Å². The van der Waals surface area contributed by atoms with Crippen LogP contribution in [-0.4, -0.2) is 32.0 Å². The van der Waals surface area contributed by atoms with E-state index in [1.165, 1.54) is 19.2 Å². The highest BCUT2D eigenvalue weighted by atomic mass is 19.4. The van der Waals surface area contributed by atoms with Gasteiger partial charge in [-0.1, -0.05) is 0 Å². The van der Waals surface area contributed by atoms with Crippen LogP contribution in [0.1, 0.15) is 11.4 Å². The zero-order chi connectivity index (χ0) is 15.5.